The molecule has 0 radical (unpaired) electrons. The van der Waals surface area contributed by atoms with Crippen LogP contribution in [0.5, 0.6) is 0 Å². The SMILES string of the molecule is CCCCCCCCCCCC(O)CC(=O)NC(COP(=O)(O)OCCN)C(O)CCCCCCCCCC. The zero-order valence-electron chi connectivity index (χ0n) is 25.0. The largest absolute Gasteiger partial charge is 0.472 e. The van der Waals surface area contributed by atoms with E-state index in [1.807, 2.05) is 0 Å². The number of phosphoric acid groups is 1. The Bertz CT molecular complexity index is 612. The molecule has 9 nitrogen and oxygen atoms in total. The van der Waals surface area contributed by atoms with Crippen LogP contribution >= 0.6 is 7.82 Å². The van der Waals surface area contributed by atoms with Gasteiger partial charge in [0.15, 0.2) is 0 Å². The summed E-state index contributed by atoms with van der Waals surface area (Å²) in [5.74, 6) is -0.419. The molecular weight excluding hydrogens is 519 g/mol. The summed E-state index contributed by atoms with van der Waals surface area (Å²) < 4.78 is 21.8. The minimum atomic E-state index is -4.35. The van der Waals surface area contributed by atoms with Crippen molar-refractivity contribution in [2.45, 2.75) is 161 Å². The number of aliphatic hydroxyl groups excluding tert-OH is 2. The zero-order valence-corrected chi connectivity index (χ0v) is 25.9. The van der Waals surface area contributed by atoms with Crippen molar-refractivity contribution in [1.82, 2.24) is 5.32 Å². The number of unbranched alkanes of at least 4 members (excludes halogenated alkanes) is 15. The Morgan fingerprint density at radius 1 is 0.769 bits per heavy atom. The van der Waals surface area contributed by atoms with E-state index in [1.54, 1.807) is 0 Å². The van der Waals surface area contributed by atoms with E-state index in [9.17, 15) is 24.5 Å². The van der Waals surface area contributed by atoms with E-state index < -0.39 is 32.0 Å². The smallest absolute Gasteiger partial charge is 0.393 e. The molecule has 0 heterocycles. The summed E-state index contributed by atoms with van der Waals surface area (Å²) in [5.41, 5.74) is 5.31. The second-order valence-corrected chi connectivity index (χ2v) is 12.3. The number of amides is 1. The van der Waals surface area contributed by atoms with E-state index in [0.717, 1.165) is 38.5 Å². The van der Waals surface area contributed by atoms with Crippen molar-refractivity contribution in [1.29, 1.82) is 0 Å². The van der Waals surface area contributed by atoms with Gasteiger partial charge in [-0.25, -0.2) is 4.57 Å². The molecular formula is C29H61N2O7P. The fourth-order valence-corrected chi connectivity index (χ4v) is 5.35. The lowest BCUT2D eigenvalue weighted by atomic mass is 10.0. The number of nitrogens with one attached hydrogen (secondary N) is 1. The maximum absolute atomic E-state index is 12.6. The second kappa shape index (κ2) is 26.4. The topological polar surface area (TPSA) is 151 Å². The van der Waals surface area contributed by atoms with Crippen LogP contribution in [0.25, 0.3) is 0 Å². The molecule has 0 saturated heterocycles. The van der Waals surface area contributed by atoms with Crippen LogP contribution in [0.15, 0.2) is 0 Å². The summed E-state index contributed by atoms with van der Waals surface area (Å²) in [6.07, 6.45) is 18.8. The van der Waals surface area contributed by atoms with Gasteiger partial charge in [-0.15, -0.1) is 0 Å². The average Bonchev–Trinajstić information content (AvgIpc) is 2.90. The van der Waals surface area contributed by atoms with Crippen molar-refractivity contribution in [3.8, 4) is 0 Å². The number of carbonyl (C=O) groups is 1. The molecule has 0 aliphatic carbocycles. The highest BCUT2D eigenvalue weighted by molar-refractivity contribution is 7.47. The van der Waals surface area contributed by atoms with Crippen molar-refractivity contribution in [3.63, 3.8) is 0 Å². The van der Waals surface area contributed by atoms with Crippen LogP contribution in [-0.2, 0) is 18.4 Å². The molecule has 0 aromatic heterocycles. The highest BCUT2D eigenvalue weighted by Crippen LogP contribution is 2.43. The Balaban J connectivity index is 4.49. The van der Waals surface area contributed by atoms with Gasteiger partial charge in [0.05, 0.1) is 37.9 Å². The van der Waals surface area contributed by atoms with Gasteiger partial charge in [0.25, 0.3) is 0 Å². The third kappa shape index (κ3) is 24.9. The van der Waals surface area contributed by atoms with Crippen LogP contribution in [-0.4, -0.2) is 59.0 Å². The summed E-state index contributed by atoms with van der Waals surface area (Å²) in [6, 6.07) is -0.885. The van der Waals surface area contributed by atoms with E-state index in [-0.39, 0.29) is 26.2 Å². The van der Waals surface area contributed by atoms with Gasteiger partial charge in [0.1, 0.15) is 0 Å². The van der Waals surface area contributed by atoms with Gasteiger partial charge in [0.2, 0.25) is 5.91 Å². The fourth-order valence-electron chi connectivity index (χ4n) is 4.59. The van der Waals surface area contributed by atoms with E-state index >= 15 is 0 Å². The quantitative estimate of drug-likeness (QED) is 0.0524. The van der Waals surface area contributed by atoms with Gasteiger partial charge in [-0.1, -0.05) is 123 Å². The first kappa shape index (κ1) is 38.5. The third-order valence-corrected chi connectivity index (χ3v) is 8.00. The maximum Gasteiger partial charge on any atom is 0.472 e. The Morgan fingerprint density at radius 2 is 1.23 bits per heavy atom. The summed E-state index contributed by atoms with van der Waals surface area (Å²) in [6.45, 7) is 3.95. The van der Waals surface area contributed by atoms with Crippen LogP contribution in [0.4, 0.5) is 0 Å². The molecule has 0 saturated carbocycles. The van der Waals surface area contributed by atoms with Crippen molar-refractivity contribution in [3.05, 3.63) is 0 Å². The number of hydrogen-bond acceptors (Lipinski definition) is 7. The molecule has 1 amide bonds. The molecule has 4 atom stereocenters. The number of aliphatic hydroxyl groups is 2. The summed E-state index contributed by atoms with van der Waals surface area (Å²) in [5, 5.41) is 23.8. The minimum absolute atomic E-state index is 0.0615. The molecule has 6 N–H and O–H groups in total. The first-order valence-corrected chi connectivity index (χ1v) is 17.2. The Morgan fingerprint density at radius 3 is 1.72 bits per heavy atom. The van der Waals surface area contributed by atoms with E-state index in [0.29, 0.717) is 12.8 Å². The van der Waals surface area contributed by atoms with Crippen LogP contribution in [0, 0.1) is 0 Å². The molecule has 39 heavy (non-hydrogen) atoms. The highest BCUT2D eigenvalue weighted by atomic mass is 31.2. The number of carbonyl (C=O) groups excluding carboxylic acids is 1. The van der Waals surface area contributed by atoms with Gasteiger partial charge in [-0.05, 0) is 12.8 Å². The molecule has 10 heteroatoms. The Kier molecular flexibility index (Phi) is 26.0. The molecule has 0 rings (SSSR count). The molecule has 0 aromatic carbocycles. The fraction of sp³-hybridized carbons (Fsp3) is 0.966. The number of nitrogens with two attached hydrogens (primary N) is 1. The van der Waals surface area contributed by atoms with E-state index in [4.69, 9.17) is 14.8 Å². The first-order valence-electron chi connectivity index (χ1n) is 15.7. The molecule has 0 fully saturated rings. The van der Waals surface area contributed by atoms with E-state index in [2.05, 4.69) is 19.2 Å². The van der Waals surface area contributed by atoms with Crippen molar-refractivity contribution >= 4 is 13.7 Å². The predicted octanol–water partition coefficient (Wildman–Crippen LogP) is 6.13. The Labute approximate surface area is 238 Å². The summed E-state index contributed by atoms with van der Waals surface area (Å²) in [4.78, 5) is 22.4. The zero-order chi connectivity index (χ0) is 29.2. The number of rotatable bonds is 29. The first-order chi connectivity index (χ1) is 18.8. The van der Waals surface area contributed by atoms with Gasteiger partial charge in [-0.2, -0.15) is 0 Å². The molecule has 0 bridgehead atoms. The number of phosphoric ester groups is 1. The number of hydrogen-bond donors (Lipinski definition) is 5. The third-order valence-electron chi connectivity index (χ3n) is 7.02. The molecule has 0 aliphatic heterocycles. The van der Waals surface area contributed by atoms with Gasteiger partial charge in [0, 0.05) is 6.54 Å². The molecule has 0 aliphatic rings. The van der Waals surface area contributed by atoms with Gasteiger partial charge < -0.3 is 26.2 Å². The van der Waals surface area contributed by atoms with Gasteiger partial charge in [-0.3, -0.25) is 13.8 Å². The molecule has 0 aromatic rings. The van der Waals surface area contributed by atoms with E-state index in [1.165, 1.54) is 70.6 Å². The van der Waals surface area contributed by atoms with Crippen molar-refractivity contribution < 1.29 is 33.5 Å². The summed E-state index contributed by atoms with van der Waals surface area (Å²) >= 11 is 0. The van der Waals surface area contributed by atoms with Crippen molar-refractivity contribution in [2.24, 2.45) is 5.73 Å². The monoisotopic (exact) mass is 580 g/mol. The minimum Gasteiger partial charge on any atom is -0.393 e. The maximum atomic E-state index is 12.6. The predicted molar refractivity (Wildman–Crippen MR) is 158 cm³/mol. The van der Waals surface area contributed by atoms with Crippen LogP contribution in [0.2, 0.25) is 0 Å². The molecule has 0 spiro atoms. The van der Waals surface area contributed by atoms with Crippen molar-refractivity contribution in [2.75, 3.05) is 19.8 Å². The lowest BCUT2D eigenvalue weighted by molar-refractivity contribution is -0.125. The van der Waals surface area contributed by atoms with Crippen LogP contribution in [0.1, 0.15) is 142 Å². The molecule has 4 unspecified atom stereocenters. The highest BCUT2D eigenvalue weighted by Gasteiger charge is 2.28. The van der Waals surface area contributed by atoms with Gasteiger partial charge >= 0.3 is 7.82 Å². The lowest BCUT2D eigenvalue weighted by Crippen LogP contribution is -2.47. The standard InChI is InChI=1S/C29H61N2O7P/c1-3-5-7-9-11-13-14-16-18-20-26(32)24-29(34)31-27(25-38-39(35,36)37-23-22-30)28(33)21-19-17-15-12-10-8-6-4-2/h26-28,32-33H,3-25,30H2,1-2H3,(H,31,34)(H,35,36). The Hall–Kier alpha value is -0.540. The normalized spacial score (nSPS) is 15.5. The molecule has 234 valence electrons. The summed E-state index contributed by atoms with van der Waals surface area (Å²) in [7, 11) is -4.35. The average molecular weight is 581 g/mol. The second-order valence-electron chi connectivity index (χ2n) is 10.9. The lowest BCUT2D eigenvalue weighted by Gasteiger charge is -2.25. The van der Waals surface area contributed by atoms with Crippen LogP contribution in [0.3, 0.4) is 0 Å². The van der Waals surface area contributed by atoms with Crippen LogP contribution < -0.4 is 11.1 Å².